The molecule has 0 radical (unpaired) electrons. The molecular weight excluding hydrogens is 298 g/mol. The molecule has 0 atom stereocenters. The Kier molecular flexibility index (Phi) is 13.9. The zero-order chi connectivity index (χ0) is 16.7. The molecule has 0 aliphatic heterocycles. The molecule has 0 unspecified atom stereocenters. The van der Waals surface area contributed by atoms with Gasteiger partial charge in [0.15, 0.2) is 0 Å². The fourth-order valence-corrected chi connectivity index (χ4v) is 4.08. The summed E-state index contributed by atoms with van der Waals surface area (Å²) < 4.78 is 26.6. The van der Waals surface area contributed by atoms with E-state index in [2.05, 4.69) is 13.8 Å². The van der Waals surface area contributed by atoms with Crippen molar-refractivity contribution in [2.24, 2.45) is 0 Å². The second-order valence-electron chi connectivity index (χ2n) is 6.00. The van der Waals surface area contributed by atoms with Crippen molar-refractivity contribution in [3.63, 3.8) is 0 Å². The number of rotatable bonds is 16. The van der Waals surface area contributed by atoms with E-state index < -0.39 is 10.0 Å². The maximum atomic E-state index is 12.5. The van der Waals surface area contributed by atoms with Gasteiger partial charge in [-0.25, -0.2) is 12.7 Å². The van der Waals surface area contributed by atoms with Crippen LogP contribution in [0.25, 0.3) is 0 Å². The van der Waals surface area contributed by atoms with E-state index in [0.717, 1.165) is 51.2 Å². The monoisotopic (exact) mass is 333 g/mol. The summed E-state index contributed by atoms with van der Waals surface area (Å²) in [5.41, 5.74) is 0. The van der Waals surface area contributed by atoms with E-state index in [4.69, 9.17) is 0 Å². The first-order chi connectivity index (χ1) is 10.6. The summed E-state index contributed by atoms with van der Waals surface area (Å²) in [5, 5.41) is 0. The van der Waals surface area contributed by atoms with E-state index in [1.165, 1.54) is 12.8 Å². The Bertz CT molecular complexity index is 355. The third-order valence-electron chi connectivity index (χ3n) is 3.89. The highest BCUT2D eigenvalue weighted by molar-refractivity contribution is 7.89. The molecule has 0 aliphatic rings. The first-order valence-corrected chi connectivity index (χ1v) is 10.6. The van der Waals surface area contributed by atoms with E-state index in [9.17, 15) is 13.2 Å². The highest BCUT2D eigenvalue weighted by Crippen LogP contribution is 2.12. The van der Waals surface area contributed by atoms with E-state index in [1.54, 1.807) is 4.31 Å². The summed E-state index contributed by atoms with van der Waals surface area (Å²) in [6.07, 6.45) is 11.3. The van der Waals surface area contributed by atoms with E-state index >= 15 is 0 Å². The van der Waals surface area contributed by atoms with Crippen LogP contribution in [-0.2, 0) is 14.8 Å². The molecule has 0 heterocycles. The predicted octanol–water partition coefficient (Wildman–Crippen LogP) is 4.15. The minimum Gasteiger partial charge on any atom is -0.303 e. The molecule has 0 N–H and O–H groups in total. The van der Waals surface area contributed by atoms with Crippen molar-refractivity contribution in [3.8, 4) is 0 Å². The summed E-state index contributed by atoms with van der Waals surface area (Å²) in [6.45, 7) is 5.59. The van der Waals surface area contributed by atoms with Gasteiger partial charge in [-0.2, -0.15) is 0 Å². The van der Waals surface area contributed by atoms with Crippen molar-refractivity contribution in [3.05, 3.63) is 0 Å². The van der Waals surface area contributed by atoms with Gasteiger partial charge in [-0.3, -0.25) is 0 Å². The molecule has 132 valence electrons. The van der Waals surface area contributed by atoms with Gasteiger partial charge in [0.25, 0.3) is 0 Å². The average Bonchev–Trinajstić information content (AvgIpc) is 2.49. The third kappa shape index (κ3) is 11.2. The molecule has 0 amide bonds. The molecule has 5 heteroatoms. The molecule has 22 heavy (non-hydrogen) atoms. The van der Waals surface area contributed by atoms with Crippen LogP contribution in [0.15, 0.2) is 0 Å². The number of sulfonamides is 1. The molecule has 0 aromatic rings. The van der Waals surface area contributed by atoms with Crippen LogP contribution in [0, 0.1) is 0 Å². The highest BCUT2D eigenvalue weighted by atomic mass is 32.2. The normalized spacial score (nSPS) is 12.0. The Hall–Kier alpha value is -0.420. The number of nitrogens with zero attached hydrogens (tertiary/aromatic N) is 1. The number of unbranched alkanes of at least 4 members (excludes halogenated alkanes) is 8. The summed E-state index contributed by atoms with van der Waals surface area (Å²) in [4.78, 5) is 10.2. The topological polar surface area (TPSA) is 54.5 Å². The van der Waals surface area contributed by atoms with E-state index in [0.29, 0.717) is 25.9 Å². The van der Waals surface area contributed by atoms with Gasteiger partial charge >= 0.3 is 0 Å². The van der Waals surface area contributed by atoms with Crippen molar-refractivity contribution in [1.82, 2.24) is 4.31 Å². The van der Waals surface area contributed by atoms with Gasteiger partial charge in [0.05, 0.1) is 5.75 Å². The van der Waals surface area contributed by atoms with E-state index in [-0.39, 0.29) is 5.75 Å². The smallest absolute Gasteiger partial charge is 0.214 e. The number of hydrogen-bond acceptors (Lipinski definition) is 3. The van der Waals surface area contributed by atoms with Crippen molar-refractivity contribution in [1.29, 1.82) is 0 Å². The molecule has 4 nitrogen and oxygen atoms in total. The van der Waals surface area contributed by atoms with Crippen LogP contribution >= 0.6 is 0 Å². The second kappa shape index (κ2) is 14.2. The van der Waals surface area contributed by atoms with E-state index in [1.807, 2.05) is 0 Å². The third-order valence-corrected chi connectivity index (χ3v) is 5.85. The Morgan fingerprint density at radius 1 is 0.773 bits per heavy atom. The molecule has 0 aliphatic carbocycles. The minimum atomic E-state index is -3.11. The SMILES string of the molecule is CCCCCCN(CCCC)S(=O)(=O)CCCCCCC=O. The zero-order valence-corrected chi connectivity index (χ0v) is 15.4. The van der Waals surface area contributed by atoms with Crippen LogP contribution in [-0.4, -0.2) is 37.9 Å². The Labute approximate surface area is 137 Å². The van der Waals surface area contributed by atoms with Gasteiger partial charge in [0, 0.05) is 19.5 Å². The molecule has 0 spiro atoms. The summed E-state index contributed by atoms with van der Waals surface area (Å²) >= 11 is 0. The maximum absolute atomic E-state index is 12.5. The first kappa shape index (κ1) is 21.6. The fourth-order valence-electron chi connectivity index (χ4n) is 2.43. The van der Waals surface area contributed by atoms with Crippen LogP contribution in [0.4, 0.5) is 0 Å². The van der Waals surface area contributed by atoms with Crippen molar-refractivity contribution in [2.45, 2.75) is 84.5 Å². The lowest BCUT2D eigenvalue weighted by molar-refractivity contribution is -0.107. The Morgan fingerprint density at radius 3 is 2.00 bits per heavy atom. The average molecular weight is 334 g/mol. The van der Waals surface area contributed by atoms with Crippen molar-refractivity contribution < 1.29 is 13.2 Å². The van der Waals surface area contributed by atoms with Gasteiger partial charge in [0.1, 0.15) is 6.29 Å². The number of hydrogen-bond donors (Lipinski definition) is 0. The molecule has 0 saturated heterocycles. The maximum Gasteiger partial charge on any atom is 0.214 e. The van der Waals surface area contributed by atoms with Gasteiger partial charge in [0.2, 0.25) is 10.0 Å². The van der Waals surface area contributed by atoms with Gasteiger partial charge in [-0.15, -0.1) is 0 Å². The summed E-state index contributed by atoms with van der Waals surface area (Å²) in [5.74, 6) is 0.256. The zero-order valence-electron chi connectivity index (χ0n) is 14.6. The minimum absolute atomic E-state index is 0.256. The van der Waals surface area contributed by atoms with Crippen LogP contribution in [0.2, 0.25) is 0 Å². The Balaban J connectivity index is 4.18. The lowest BCUT2D eigenvalue weighted by atomic mass is 10.2. The second-order valence-corrected chi connectivity index (χ2v) is 8.09. The van der Waals surface area contributed by atoms with Crippen LogP contribution in [0.3, 0.4) is 0 Å². The number of carbonyl (C=O) groups excluding carboxylic acids is 1. The molecule has 0 saturated carbocycles. The predicted molar refractivity (Wildman–Crippen MR) is 93.6 cm³/mol. The van der Waals surface area contributed by atoms with Gasteiger partial charge in [-0.1, -0.05) is 52.4 Å². The van der Waals surface area contributed by atoms with Crippen LogP contribution in [0.5, 0.6) is 0 Å². The summed E-state index contributed by atoms with van der Waals surface area (Å²) in [6, 6.07) is 0. The fraction of sp³-hybridized carbons (Fsp3) is 0.941. The molecule has 0 aromatic carbocycles. The van der Waals surface area contributed by atoms with Crippen molar-refractivity contribution in [2.75, 3.05) is 18.8 Å². The number of carbonyl (C=O) groups is 1. The molecule has 0 rings (SSSR count). The molecule has 0 aromatic heterocycles. The number of aldehydes is 1. The van der Waals surface area contributed by atoms with Gasteiger partial charge in [-0.05, 0) is 25.7 Å². The van der Waals surface area contributed by atoms with Crippen LogP contribution < -0.4 is 0 Å². The van der Waals surface area contributed by atoms with Crippen LogP contribution in [0.1, 0.15) is 84.5 Å². The lowest BCUT2D eigenvalue weighted by Gasteiger charge is -2.22. The molecule has 0 bridgehead atoms. The van der Waals surface area contributed by atoms with Gasteiger partial charge < -0.3 is 4.79 Å². The molecular formula is C17H35NO3S. The Morgan fingerprint density at radius 2 is 1.36 bits per heavy atom. The molecule has 0 fully saturated rings. The lowest BCUT2D eigenvalue weighted by Crippen LogP contribution is -2.34. The highest BCUT2D eigenvalue weighted by Gasteiger charge is 2.20. The van der Waals surface area contributed by atoms with Crippen molar-refractivity contribution >= 4 is 16.3 Å². The quantitative estimate of drug-likeness (QED) is 0.315. The summed E-state index contributed by atoms with van der Waals surface area (Å²) in [7, 11) is -3.11. The first-order valence-electron chi connectivity index (χ1n) is 9.00. The largest absolute Gasteiger partial charge is 0.303 e. The standard InChI is InChI=1S/C17H35NO3S/c1-3-5-7-11-15-18(14-6-4-2)22(20,21)17-13-10-8-9-12-16-19/h16H,3-15,17H2,1-2H3.